The molecule has 1 aromatic heterocycles. The molecule has 0 aromatic carbocycles. The fourth-order valence-corrected chi connectivity index (χ4v) is 2.39. The van der Waals surface area contributed by atoms with Crippen LogP contribution in [0.15, 0.2) is 17.2 Å². The first-order valence-corrected chi connectivity index (χ1v) is 6.63. The Morgan fingerprint density at radius 1 is 1.38 bits per heavy atom. The van der Waals surface area contributed by atoms with Crippen LogP contribution in [0.2, 0.25) is 0 Å². The summed E-state index contributed by atoms with van der Waals surface area (Å²) in [6, 6.07) is 1.38. The van der Waals surface area contributed by atoms with Gasteiger partial charge in [-0.25, -0.2) is 13.3 Å². The zero-order chi connectivity index (χ0) is 12.6. The van der Waals surface area contributed by atoms with Crippen LogP contribution < -0.4 is 0 Å². The van der Waals surface area contributed by atoms with Crippen molar-refractivity contribution in [3.8, 4) is 0 Å². The van der Waals surface area contributed by atoms with Crippen molar-refractivity contribution in [3.05, 3.63) is 29.4 Å². The number of sulfone groups is 1. The lowest BCUT2D eigenvalue weighted by atomic mass is 9.91. The van der Waals surface area contributed by atoms with Gasteiger partial charge in [0.05, 0.1) is 17.2 Å². The molecular formula is C11H14N2O2S. The predicted molar refractivity (Wildman–Crippen MR) is 62.3 cm³/mol. The molecule has 1 heterocycles. The van der Waals surface area contributed by atoms with Gasteiger partial charge in [-0.15, -0.1) is 0 Å². The molecule has 0 spiro atoms. The van der Waals surface area contributed by atoms with Gasteiger partial charge < -0.3 is 0 Å². The molecule has 5 heteroatoms. The molecule has 0 unspecified atom stereocenters. The van der Waals surface area contributed by atoms with Crippen molar-refractivity contribution in [2.45, 2.75) is 31.1 Å². The Bertz CT molecular complexity index is 548. The second-order valence-electron chi connectivity index (χ2n) is 4.67. The summed E-state index contributed by atoms with van der Waals surface area (Å²) in [6.07, 6.45) is 2.54. The molecular weight excluding hydrogens is 224 g/mol. The number of hydrogen-bond acceptors (Lipinski definition) is 3. The van der Waals surface area contributed by atoms with Crippen LogP contribution in [0.5, 0.6) is 0 Å². The van der Waals surface area contributed by atoms with Crippen molar-refractivity contribution in [2.24, 2.45) is 0 Å². The number of rotatable bonds is 1. The molecule has 0 saturated carbocycles. The maximum absolute atomic E-state index is 11.6. The van der Waals surface area contributed by atoms with Crippen molar-refractivity contribution in [2.75, 3.05) is 6.26 Å². The van der Waals surface area contributed by atoms with Gasteiger partial charge in [0.1, 0.15) is 0 Å². The minimum atomic E-state index is -3.36. The van der Waals surface area contributed by atoms with E-state index in [1.54, 1.807) is 0 Å². The van der Waals surface area contributed by atoms with Crippen LogP contribution in [0, 0.1) is 6.57 Å². The quantitative estimate of drug-likeness (QED) is 0.705. The topological polar surface area (TPSA) is 51.4 Å². The highest BCUT2D eigenvalue weighted by atomic mass is 32.2. The lowest BCUT2D eigenvalue weighted by Crippen LogP contribution is -2.18. The Morgan fingerprint density at radius 2 is 1.94 bits per heavy atom. The van der Waals surface area contributed by atoms with Gasteiger partial charge in [-0.1, -0.05) is 20.8 Å². The number of aromatic nitrogens is 1. The van der Waals surface area contributed by atoms with Crippen LogP contribution in [0.3, 0.4) is 0 Å². The predicted octanol–water partition coefficient (Wildman–Crippen LogP) is 2.33. The molecule has 16 heavy (non-hydrogen) atoms. The molecule has 0 radical (unpaired) electrons. The minimum absolute atomic E-state index is 0.147. The van der Waals surface area contributed by atoms with Gasteiger partial charge in [0.15, 0.2) is 9.84 Å². The van der Waals surface area contributed by atoms with E-state index >= 15 is 0 Å². The molecule has 0 atom stereocenters. The van der Waals surface area contributed by atoms with Gasteiger partial charge in [0, 0.05) is 17.9 Å². The third-order valence-corrected chi connectivity index (χ3v) is 3.19. The highest BCUT2D eigenvalue weighted by molar-refractivity contribution is 7.90. The Morgan fingerprint density at radius 3 is 2.31 bits per heavy atom. The lowest BCUT2D eigenvalue weighted by Gasteiger charge is -2.20. The average molecular weight is 238 g/mol. The van der Waals surface area contributed by atoms with Crippen LogP contribution in [0.4, 0.5) is 5.69 Å². The monoisotopic (exact) mass is 238 g/mol. The highest BCUT2D eigenvalue weighted by Crippen LogP contribution is 2.29. The summed E-state index contributed by atoms with van der Waals surface area (Å²) in [4.78, 5) is 7.43. The first kappa shape index (κ1) is 12.7. The SMILES string of the molecule is [C-]#[N+]c1cnc(C(C)(C)C)c(S(C)(=O)=O)c1. The van der Waals surface area contributed by atoms with Crippen molar-refractivity contribution in [1.29, 1.82) is 0 Å². The van der Waals surface area contributed by atoms with E-state index in [0.717, 1.165) is 6.26 Å². The van der Waals surface area contributed by atoms with Crippen LogP contribution in [-0.4, -0.2) is 19.7 Å². The van der Waals surface area contributed by atoms with E-state index in [2.05, 4.69) is 9.83 Å². The zero-order valence-electron chi connectivity index (χ0n) is 9.77. The van der Waals surface area contributed by atoms with E-state index in [-0.39, 0.29) is 16.0 Å². The molecule has 0 N–H and O–H groups in total. The van der Waals surface area contributed by atoms with Crippen molar-refractivity contribution >= 4 is 15.5 Å². The van der Waals surface area contributed by atoms with Crippen LogP contribution in [-0.2, 0) is 15.3 Å². The van der Waals surface area contributed by atoms with Gasteiger partial charge in [-0.05, 0) is 6.07 Å². The Labute approximate surface area is 96.1 Å². The molecule has 0 amide bonds. The largest absolute Gasteiger partial charge is 0.271 e. The summed E-state index contributed by atoms with van der Waals surface area (Å²) >= 11 is 0. The minimum Gasteiger partial charge on any atom is -0.271 e. The maximum atomic E-state index is 11.6. The molecule has 1 rings (SSSR count). The van der Waals surface area contributed by atoms with E-state index in [0.29, 0.717) is 5.69 Å². The van der Waals surface area contributed by atoms with E-state index in [1.807, 2.05) is 20.8 Å². The summed E-state index contributed by atoms with van der Waals surface area (Å²) in [5, 5.41) is 0. The smallest absolute Gasteiger partial charge is 0.206 e. The summed E-state index contributed by atoms with van der Waals surface area (Å²) in [5.41, 5.74) is 0.384. The molecule has 4 nitrogen and oxygen atoms in total. The van der Waals surface area contributed by atoms with Gasteiger partial charge in [0.2, 0.25) is 5.69 Å². The number of pyridine rings is 1. The van der Waals surface area contributed by atoms with Gasteiger partial charge in [0.25, 0.3) is 0 Å². The standard InChI is InChI=1S/C11H14N2O2S/c1-11(2,3)10-9(16(5,14)15)6-8(12-4)7-13-10/h6-7H,1-3,5H3. The van der Waals surface area contributed by atoms with Gasteiger partial charge in [-0.2, -0.15) is 0 Å². The molecule has 1 aromatic rings. The highest BCUT2D eigenvalue weighted by Gasteiger charge is 2.24. The molecule has 0 aliphatic rings. The third kappa shape index (κ3) is 2.58. The van der Waals surface area contributed by atoms with E-state index in [4.69, 9.17) is 6.57 Å². The van der Waals surface area contributed by atoms with Gasteiger partial charge >= 0.3 is 0 Å². The van der Waals surface area contributed by atoms with Crippen molar-refractivity contribution in [1.82, 2.24) is 4.98 Å². The summed E-state index contributed by atoms with van der Waals surface area (Å²) in [6.45, 7) is 12.5. The van der Waals surface area contributed by atoms with E-state index in [9.17, 15) is 8.42 Å². The Balaban J connectivity index is 3.61. The van der Waals surface area contributed by atoms with Crippen LogP contribution in [0.25, 0.3) is 4.85 Å². The summed E-state index contributed by atoms with van der Waals surface area (Å²) in [5.74, 6) is 0. The van der Waals surface area contributed by atoms with E-state index in [1.165, 1.54) is 12.3 Å². The zero-order valence-corrected chi connectivity index (χ0v) is 10.6. The van der Waals surface area contributed by atoms with Crippen LogP contribution in [0.1, 0.15) is 26.5 Å². The summed E-state index contributed by atoms with van der Waals surface area (Å²) in [7, 11) is -3.36. The second kappa shape index (κ2) is 3.87. The normalized spacial score (nSPS) is 12.2. The Kier molecular flexibility index (Phi) is 3.06. The van der Waals surface area contributed by atoms with Crippen molar-refractivity contribution in [3.63, 3.8) is 0 Å². The fourth-order valence-electron chi connectivity index (χ4n) is 1.34. The first-order chi connectivity index (χ1) is 7.16. The van der Waals surface area contributed by atoms with Gasteiger partial charge in [-0.3, -0.25) is 4.98 Å². The summed E-state index contributed by atoms with van der Waals surface area (Å²) < 4.78 is 23.3. The average Bonchev–Trinajstić information content (AvgIpc) is 2.14. The second-order valence-corrected chi connectivity index (χ2v) is 6.66. The molecule has 86 valence electrons. The molecule has 0 saturated heterocycles. The number of hydrogen-bond donors (Lipinski definition) is 0. The molecule has 0 fully saturated rings. The molecule has 0 bridgehead atoms. The van der Waals surface area contributed by atoms with E-state index < -0.39 is 9.84 Å². The number of nitrogens with zero attached hydrogens (tertiary/aromatic N) is 2. The fraction of sp³-hybridized carbons (Fsp3) is 0.455. The lowest BCUT2D eigenvalue weighted by molar-refractivity contribution is 0.545. The molecule has 0 aliphatic carbocycles. The van der Waals surface area contributed by atoms with Crippen molar-refractivity contribution < 1.29 is 8.42 Å². The maximum Gasteiger partial charge on any atom is 0.206 e. The van der Waals surface area contributed by atoms with Crippen LogP contribution >= 0.6 is 0 Å². The third-order valence-electron chi connectivity index (χ3n) is 2.08. The Hall–Kier alpha value is -1.41. The molecule has 0 aliphatic heterocycles. The first-order valence-electron chi connectivity index (χ1n) is 4.74.